The molecule has 1 aromatic rings. The summed E-state index contributed by atoms with van der Waals surface area (Å²) in [7, 11) is 0. The second kappa shape index (κ2) is 3.68. The summed E-state index contributed by atoms with van der Waals surface area (Å²) in [5, 5.41) is 5.88. The first-order valence-corrected chi connectivity index (χ1v) is 4.53. The number of carbonyl (C=O) groups is 2. The van der Waals surface area contributed by atoms with Gasteiger partial charge in [-0.1, -0.05) is 5.16 Å². The van der Waals surface area contributed by atoms with E-state index in [0.717, 1.165) is 0 Å². The van der Waals surface area contributed by atoms with E-state index in [1.54, 1.807) is 6.92 Å². The Kier molecular flexibility index (Phi) is 2.36. The van der Waals surface area contributed by atoms with Crippen molar-refractivity contribution in [2.75, 3.05) is 13.1 Å². The summed E-state index contributed by atoms with van der Waals surface area (Å²) in [6.45, 7) is 2.22. The molecule has 15 heavy (non-hydrogen) atoms. The predicted octanol–water partition coefficient (Wildman–Crippen LogP) is -0.528. The molecule has 1 aromatic heterocycles. The topological polar surface area (TPSA) is 88.3 Å². The number of hydrogen-bond acceptors (Lipinski definition) is 5. The SMILES string of the molecule is Cc1nc(CCN2CC(=O)NC2=O)no1. The van der Waals surface area contributed by atoms with Crippen molar-refractivity contribution in [3.8, 4) is 0 Å². The van der Waals surface area contributed by atoms with Crippen LogP contribution in [-0.2, 0) is 11.2 Å². The Morgan fingerprint density at radius 1 is 1.53 bits per heavy atom. The van der Waals surface area contributed by atoms with Crippen molar-refractivity contribution in [2.24, 2.45) is 0 Å². The number of rotatable bonds is 3. The largest absolute Gasteiger partial charge is 0.340 e. The first-order chi connectivity index (χ1) is 7.15. The second-order valence-electron chi connectivity index (χ2n) is 3.25. The fourth-order valence-corrected chi connectivity index (χ4v) is 1.34. The van der Waals surface area contributed by atoms with Gasteiger partial charge in [0.1, 0.15) is 6.54 Å². The Morgan fingerprint density at radius 2 is 2.33 bits per heavy atom. The maximum atomic E-state index is 11.1. The molecular weight excluding hydrogens is 200 g/mol. The molecule has 2 heterocycles. The van der Waals surface area contributed by atoms with Gasteiger partial charge in [0, 0.05) is 19.9 Å². The minimum absolute atomic E-state index is 0.107. The third-order valence-corrected chi connectivity index (χ3v) is 2.04. The Balaban J connectivity index is 1.88. The summed E-state index contributed by atoms with van der Waals surface area (Å²) in [5.41, 5.74) is 0. The number of aryl methyl sites for hydroxylation is 1. The van der Waals surface area contributed by atoms with Gasteiger partial charge in [0.25, 0.3) is 0 Å². The van der Waals surface area contributed by atoms with Crippen molar-refractivity contribution in [2.45, 2.75) is 13.3 Å². The molecule has 3 amide bonds. The van der Waals surface area contributed by atoms with Crippen LogP contribution in [0.5, 0.6) is 0 Å². The van der Waals surface area contributed by atoms with Crippen LogP contribution in [0.2, 0.25) is 0 Å². The Morgan fingerprint density at radius 3 is 2.87 bits per heavy atom. The van der Waals surface area contributed by atoms with E-state index in [-0.39, 0.29) is 18.5 Å². The van der Waals surface area contributed by atoms with Crippen LogP contribution < -0.4 is 5.32 Å². The van der Waals surface area contributed by atoms with Crippen LogP contribution in [0.25, 0.3) is 0 Å². The molecule has 1 fully saturated rings. The molecule has 1 aliphatic heterocycles. The number of nitrogens with zero attached hydrogens (tertiary/aromatic N) is 3. The highest BCUT2D eigenvalue weighted by atomic mass is 16.5. The van der Waals surface area contributed by atoms with Crippen molar-refractivity contribution in [1.29, 1.82) is 0 Å². The summed E-state index contributed by atoms with van der Waals surface area (Å²) >= 11 is 0. The van der Waals surface area contributed by atoms with Gasteiger partial charge in [0.05, 0.1) is 0 Å². The number of hydrogen-bond donors (Lipinski definition) is 1. The molecule has 0 bridgehead atoms. The van der Waals surface area contributed by atoms with Gasteiger partial charge in [0.15, 0.2) is 5.82 Å². The zero-order chi connectivity index (χ0) is 10.8. The maximum Gasteiger partial charge on any atom is 0.324 e. The van der Waals surface area contributed by atoms with Gasteiger partial charge >= 0.3 is 6.03 Å². The normalized spacial score (nSPS) is 15.9. The lowest BCUT2D eigenvalue weighted by atomic mass is 10.4. The number of aromatic nitrogens is 2. The third-order valence-electron chi connectivity index (χ3n) is 2.04. The third kappa shape index (κ3) is 2.12. The monoisotopic (exact) mass is 210 g/mol. The molecule has 2 rings (SSSR count). The van der Waals surface area contributed by atoms with Crippen LogP contribution in [-0.4, -0.2) is 40.1 Å². The molecule has 7 nitrogen and oxygen atoms in total. The number of nitrogens with one attached hydrogen (secondary N) is 1. The minimum Gasteiger partial charge on any atom is -0.340 e. The Labute approximate surface area is 85.4 Å². The molecule has 0 atom stereocenters. The molecule has 1 aliphatic rings. The van der Waals surface area contributed by atoms with Crippen molar-refractivity contribution in [3.05, 3.63) is 11.7 Å². The van der Waals surface area contributed by atoms with E-state index in [1.807, 2.05) is 0 Å². The quantitative estimate of drug-likeness (QED) is 0.677. The second-order valence-corrected chi connectivity index (χ2v) is 3.25. The number of imide groups is 1. The predicted molar refractivity (Wildman–Crippen MR) is 47.9 cm³/mol. The average Bonchev–Trinajstić information content (AvgIpc) is 2.70. The molecule has 1 N–H and O–H groups in total. The van der Waals surface area contributed by atoms with Crippen LogP contribution in [0.3, 0.4) is 0 Å². The molecule has 7 heteroatoms. The summed E-state index contributed by atoms with van der Waals surface area (Å²) in [4.78, 5) is 27.4. The number of urea groups is 1. The summed E-state index contributed by atoms with van der Waals surface area (Å²) in [5.74, 6) is 0.760. The van der Waals surface area contributed by atoms with Crippen LogP contribution in [0, 0.1) is 6.92 Å². The molecule has 0 aromatic carbocycles. The van der Waals surface area contributed by atoms with Gasteiger partial charge in [-0.2, -0.15) is 4.98 Å². The van der Waals surface area contributed by atoms with Gasteiger partial charge in [-0.25, -0.2) is 4.79 Å². The van der Waals surface area contributed by atoms with E-state index < -0.39 is 0 Å². The van der Waals surface area contributed by atoms with Gasteiger partial charge in [0.2, 0.25) is 11.8 Å². The van der Waals surface area contributed by atoms with Crippen molar-refractivity contribution < 1.29 is 14.1 Å². The lowest BCUT2D eigenvalue weighted by molar-refractivity contribution is -0.118. The van der Waals surface area contributed by atoms with Crippen molar-refractivity contribution >= 4 is 11.9 Å². The standard InChI is InChI=1S/C8H10N4O3/c1-5-9-6(11-15-5)2-3-12-4-7(13)10-8(12)14/h2-4H2,1H3,(H,10,13,14). The van der Waals surface area contributed by atoms with Crippen LogP contribution in [0.15, 0.2) is 4.52 Å². The molecule has 0 spiro atoms. The van der Waals surface area contributed by atoms with E-state index in [9.17, 15) is 9.59 Å². The zero-order valence-electron chi connectivity index (χ0n) is 8.19. The summed E-state index contributed by atoms with van der Waals surface area (Å²) in [6, 6.07) is -0.361. The molecule has 0 radical (unpaired) electrons. The molecule has 80 valence electrons. The summed E-state index contributed by atoms with van der Waals surface area (Å²) < 4.78 is 4.78. The zero-order valence-corrected chi connectivity index (χ0v) is 8.19. The molecule has 0 saturated carbocycles. The van der Waals surface area contributed by atoms with E-state index in [4.69, 9.17) is 4.52 Å². The van der Waals surface area contributed by atoms with Crippen LogP contribution >= 0.6 is 0 Å². The van der Waals surface area contributed by atoms with E-state index in [1.165, 1.54) is 4.90 Å². The van der Waals surface area contributed by atoms with Crippen molar-refractivity contribution in [3.63, 3.8) is 0 Å². The highest BCUT2D eigenvalue weighted by Gasteiger charge is 2.26. The molecule has 0 unspecified atom stereocenters. The smallest absolute Gasteiger partial charge is 0.324 e. The average molecular weight is 210 g/mol. The number of amides is 3. The van der Waals surface area contributed by atoms with Gasteiger partial charge in [-0.15, -0.1) is 0 Å². The van der Waals surface area contributed by atoms with Gasteiger partial charge < -0.3 is 9.42 Å². The lowest BCUT2D eigenvalue weighted by Gasteiger charge is -2.10. The Bertz CT molecular complexity index is 400. The van der Waals surface area contributed by atoms with Crippen LogP contribution in [0.4, 0.5) is 4.79 Å². The fourth-order valence-electron chi connectivity index (χ4n) is 1.34. The van der Waals surface area contributed by atoms with E-state index in [0.29, 0.717) is 24.7 Å². The number of carbonyl (C=O) groups excluding carboxylic acids is 2. The summed E-state index contributed by atoms with van der Waals surface area (Å²) in [6.07, 6.45) is 0.484. The Hall–Kier alpha value is -1.92. The van der Waals surface area contributed by atoms with Crippen molar-refractivity contribution in [1.82, 2.24) is 20.4 Å². The highest BCUT2D eigenvalue weighted by Crippen LogP contribution is 2.01. The molecular formula is C8H10N4O3. The first-order valence-electron chi connectivity index (χ1n) is 4.53. The lowest BCUT2D eigenvalue weighted by Crippen LogP contribution is -2.30. The van der Waals surface area contributed by atoms with Crippen LogP contribution in [0.1, 0.15) is 11.7 Å². The van der Waals surface area contributed by atoms with E-state index >= 15 is 0 Å². The molecule has 1 saturated heterocycles. The highest BCUT2D eigenvalue weighted by molar-refractivity contribution is 6.01. The first kappa shape index (κ1) is 9.63. The minimum atomic E-state index is -0.361. The van der Waals surface area contributed by atoms with Gasteiger partial charge in [-0.3, -0.25) is 10.1 Å². The fraction of sp³-hybridized carbons (Fsp3) is 0.500. The van der Waals surface area contributed by atoms with Gasteiger partial charge in [-0.05, 0) is 0 Å². The van der Waals surface area contributed by atoms with E-state index in [2.05, 4.69) is 15.5 Å². The maximum absolute atomic E-state index is 11.1. The molecule has 0 aliphatic carbocycles.